The van der Waals surface area contributed by atoms with Gasteiger partial charge in [0.15, 0.2) is 9.84 Å². The van der Waals surface area contributed by atoms with Crippen molar-refractivity contribution in [3.8, 4) is 0 Å². The fourth-order valence-corrected chi connectivity index (χ4v) is 2.94. The standard InChI is InChI=1S/C18H16Cl2N2O4S/c1-27(25,26)14-5-2-12(3-6-14)11-21-17(23)8-9-18(24)22-13-4-7-15(19)16(20)10-13/h2-10H,11H2,1H3,(H,21,23)(H,22,24)/b9-8-. The van der Waals surface area contributed by atoms with Gasteiger partial charge in [-0.3, -0.25) is 9.59 Å². The summed E-state index contributed by atoms with van der Waals surface area (Å²) in [4.78, 5) is 23.8. The van der Waals surface area contributed by atoms with Gasteiger partial charge in [0, 0.05) is 30.6 Å². The lowest BCUT2D eigenvalue weighted by Gasteiger charge is -2.05. The third kappa shape index (κ3) is 6.71. The maximum Gasteiger partial charge on any atom is 0.248 e. The Morgan fingerprint density at radius 3 is 2.19 bits per heavy atom. The molecular weight excluding hydrogens is 411 g/mol. The molecule has 2 rings (SSSR count). The fourth-order valence-electron chi connectivity index (χ4n) is 2.01. The summed E-state index contributed by atoms with van der Waals surface area (Å²) < 4.78 is 22.8. The highest BCUT2D eigenvalue weighted by Gasteiger charge is 2.07. The van der Waals surface area contributed by atoms with Crippen LogP contribution in [0.1, 0.15) is 5.56 Å². The highest BCUT2D eigenvalue weighted by Crippen LogP contribution is 2.24. The van der Waals surface area contributed by atoms with Crippen LogP contribution < -0.4 is 10.6 Å². The largest absolute Gasteiger partial charge is 0.348 e. The van der Waals surface area contributed by atoms with Crippen LogP contribution in [-0.4, -0.2) is 26.5 Å². The van der Waals surface area contributed by atoms with Crippen LogP contribution in [0.4, 0.5) is 5.69 Å². The van der Waals surface area contributed by atoms with Crippen molar-refractivity contribution in [2.45, 2.75) is 11.4 Å². The lowest BCUT2D eigenvalue weighted by Crippen LogP contribution is -2.21. The van der Waals surface area contributed by atoms with Crippen LogP contribution in [0.5, 0.6) is 0 Å². The van der Waals surface area contributed by atoms with E-state index in [0.717, 1.165) is 24.0 Å². The summed E-state index contributed by atoms with van der Waals surface area (Å²) in [5.74, 6) is -0.965. The van der Waals surface area contributed by atoms with Crippen LogP contribution >= 0.6 is 23.2 Å². The summed E-state index contributed by atoms with van der Waals surface area (Å²) >= 11 is 11.7. The first-order valence-corrected chi connectivity index (χ1v) is 10.3. The van der Waals surface area contributed by atoms with Crippen molar-refractivity contribution >= 4 is 50.5 Å². The first-order chi connectivity index (χ1) is 12.6. The fraction of sp³-hybridized carbons (Fsp3) is 0.111. The summed E-state index contributed by atoms with van der Waals surface area (Å²) in [7, 11) is -3.26. The van der Waals surface area contributed by atoms with Gasteiger partial charge in [-0.2, -0.15) is 0 Å². The molecular formula is C18H16Cl2N2O4S. The second-order valence-electron chi connectivity index (χ2n) is 5.59. The zero-order chi connectivity index (χ0) is 20.0. The summed E-state index contributed by atoms with van der Waals surface area (Å²) in [6, 6.07) is 10.8. The molecule has 6 nitrogen and oxygen atoms in total. The zero-order valence-corrected chi connectivity index (χ0v) is 16.5. The molecule has 0 aliphatic heterocycles. The Morgan fingerprint density at radius 1 is 0.963 bits per heavy atom. The third-order valence-electron chi connectivity index (χ3n) is 3.39. The minimum Gasteiger partial charge on any atom is -0.348 e. The molecule has 0 spiro atoms. The number of amides is 2. The molecule has 2 amide bonds. The topological polar surface area (TPSA) is 92.3 Å². The first-order valence-electron chi connectivity index (χ1n) is 7.66. The number of carbonyl (C=O) groups is 2. The quantitative estimate of drug-likeness (QED) is 0.693. The highest BCUT2D eigenvalue weighted by atomic mass is 35.5. The van der Waals surface area contributed by atoms with Gasteiger partial charge >= 0.3 is 0 Å². The number of halogens is 2. The van der Waals surface area contributed by atoms with E-state index in [1.807, 2.05) is 0 Å². The average Bonchev–Trinajstić information content (AvgIpc) is 2.61. The molecule has 142 valence electrons. The van der Waals surface area contributed by atoms with Crippen molar-refractivity contribution in [2.75, 3.05) is 11.6 Å². The van der Waals surface area contributed by atoms with E-state index in [4.69, 9.17) is 23.2 Å². The molecule has 9 heteroatoms. The van der Waals surface area contributed by atoms with Gasteiger partial charge in [-0.1, -0.05) is 35.3 Å². The Labute approximate surface area is 167 Å². The van der Waals surface area contributed by atoms with Crippen LogP contribution in [0.3, 0.4) is 0 Å². The summed E-state index contributed by atoms with van der Waals surface area (Å²) in [6.07, 6.45) is 3.31. The molecule has 0 aromatic heterocycles. The Hall–Kier alpha value is -2.35. The first kappa shape index (κ1) is 21.0. The van der Waals surface area contributed by atoms with Gasteiger partial charge in [0.05, 0.1) is 14.9 Å². The van der Waals surface area contributed by atoms with Crippen LogP contribution in [-0.2, 0) is 26.0 Å². The molecule has 0 fully saturated rings. The maximum absolute atomic E-state index is 11.8. The number of carbonyl (C=O) groups excluding carboxylic acids is 2. The third-order valence-corrected chi connectivity index (χ3v) is 5.26. The van der Waals surface area contributed by atoms with Crippen molar-refractivity contribution in [3.63, 3.8) is 0 Å². The van der Waals surface area contributed by atoms with Gasteiger partial charge in [-0.15, -0.1) is 0 Å². The number of benzene rings is 2. The molecule has 0 aliphatic rings. The highest BCUT2D eigenvalue weighted by molar-refractivity contribution is 7.90. The normalized spacial score (nSPS) is 11.4. The molecule has 0 heterocycles. The monoisotopic (exact) mass is 426 g/mol. The van der Waals surface area contributed by atoms with Crippen LogP contribution in [0.15, 0.2) is 59.5 Å². The second-order valence-corrected chi connectivity index (χ2v) is 8.42. The SMILES string of the molecule is CS(=O)(=O)c1ccc(CNC(=O)/C=C\C(=O)Nc2ccc(Cl)c(Cl)c2)cc1. The van der Waals surface area contributed by atoms with E-state index in [1.165, 1.54) is 18.2 Å². The predicted octanol–water partition coefficient (Wildman–Crippen LogP) is 3.21. The van der Waals surface area contributed by atoms with Crippen molar-refractivity contribution in [1.29, 1.82) is 0 Å². The van der Waals surface area contributed by atoms with Gasteiger partial charge in [-0.25, -0.2) is 8.42 Å². The molecule has 0 unspecified atom stereocenters. The summed E-state index contributed by atoms with van der Waals surface area (Å²) in [6.45, 7) is 0.196. The van der Waals surface area contributed by atoms with E-state index >= 15 is 0 Å². The van der Waals surface area contributed by atoms with Crippen molar-refractivity contribution in [2.24, 2.45) is 0 Å². The lowest BCUT2D eigenvalue weighted by molar-refractivity contribution is -0.117. The van der Waals surface area contributed by atoms with Crippen molar-refractivity contribution in [1.82, 2.24) is 5.32 Å². The Kier molecular flexibility index (Phi) is 7.01. The van der Waals surface area contributed by atoms with Gasteiger partial charge in [0.2, 0.25) is 11.8 Å². The number of rotatable bonds is 6. The second kappa shape index (κ2) is 9.03. The van der Waals surface area contributed by atoms with Gasteiger partial charge in [0.25, 0.3) is 0 Å². The average molecular weight is 427 g/mol. The van der Waals surface area contributed by atoms with E-state index < -0.39 is 21.7 Å². The smallest absolute Gasteiger partial charge is 0.248 e. The minimum absolute atomic E-state index is 0.196. The molecule has 2 aromatic carbocycles. The Bertz CT molecular complexity index is 987. The molecule has 27 heavy (non-hydrogen) atoms. The van der Waals surface area contributed by atoms with E-state index in [2.05, 4.69) is 10.6 Å². The van der Waals surface area contributed by atoms with Crippen molar-refractivity contribution in [3.05, 3.63) is 70.2 Å². The van der Waals surface area contributed by atoms with Gasteiger partial charge < -0.3 is 10.6 Å². The van der Waals surface area contributed by atoms with Crippen LogP contribution in [0.2, 0.25) is 10.0 Å². The lowest BCUT2D eigenvalue weighted by atomic mass is 10.2. The maximum atomic E-state index is 11.8. The Balaban J connectivity index is 1.85. The molecule has 0 bridgehead atoms. The zero-order valence-electron chi connectivity index (χ0n) is 14.2. The summed E-state index contributed by atoms with van der Waals surface area (Å²) in [5, 5.41) is 5.83. The minimum atomic E-state index is -3.26. The molecule has 0 atom stereocenters. The predicted molar refractivity (Wildman–Crippen MR) is 106 cm³/mol. The number of anilines is 1. The molecule has 0 radical (unpaired) electrons. The number of hydrogen-bond acceptors (Lipinski definition) is 4. The molecule has 0 saturated heterocycles. The Morgan fingerprint density at radius 2 is 1.59 bits per heavy atom. The van der Waals surface area contributed by atoms with E-state index in [0.29, 0.717) is 15.7 Å². The van der Waals surface area contributed by atoms with Crippen LogP contribution in [0, 0.1) is 0 Å². The molecule has 2 aromatic rings. The van der Waals surface area contributed by atoms with E-state index in [1.54, 1.807) is 24.3 Å². The van der Waals surface area contributed by atoms with Gasteiger partial charge in [-0.05, 0) is 35.9 Å². The number of nitrogens with one attached hydrogen (secondary N) is 2. The van der Waals surface area contributed by atoms with Crippen LogP contribution in [0.25, 0.3) is 0 Å². The molecule has 0 saturated carbocycles. The van der Waals surface area contributed by atoms with E-state index in [-0.39, 0.29) is 11.4 Å². The van der Waals surface area contributed by atoms with Crippen molar-refractivity contribution < 1.29 is 18.0 Å². The molecule has 2 N–H and O–H groups in total. The van der Waals surface area contributed by atoms with E-state index in [9.17, 15) is 18.0 Å². The van der Waals surface area contributed by atoms with Gasteiger partial charge in [0.1, 0.15) is 0 Å². The summed E-state index contributed by atoms with van der Waals surface area (Å²) in [5.41, 5.74) is 1.18. The number of hydrogen-bond donors (Lipinski definition) is 2. The number of sulfone groups is 1. The molecule has 0 aliphatic carbocycles.